The summed E-state index contributed by atoms with van der Waals surface area (Å²) in [4.78, 5) is 17.5. The van der Waals surface area contributed by atoms with Gasteiger partial charge in [-0.05, 0) is 0 Å². The molecule has 58 valence electrons. The molecule has 0 aliphatic carbocycles. The third kappa shape index (κ3) is 2.90. The zero-order valence-electron chi connectivity index (χ0n) is 5.21. The van der Waals surface area contributed by atoms with Gasteiger partial charge in [-0.25, -0.2) is 0 Å². The molecule has 0 aromatic carbocycles. The largest absolute Gasteiger partial charge is 0.470 e. The molecule has 11 heavy (non-hydrogen) atoms. The molecular weight excluding hydrogens is 154 g/mol. The molecular formula is C4H3N3O4. The maximum absolute atomic E-state index is 9.85. The lowest BCUT2D eigenvalue weighted by atomic mass is 10.4. The van der Waals surface area contributed by atoms with E-state index in [0.717, 1.165) is 0 Å². The van der Waals surface area contributed by atoms with Crippen LogP contribution >= 0.6 is 0 Å². The molecule has 0 saturated carbocycles. The van der Waals surface area contributed by atoms with E-state index < -0.39 is 16.0 Å². The van der Waals surface area contributed by atoms with Crippen molar-refractivity contribution in [3.05, 3.63) is 32.4 Å². The van der Waals surface area contributed by atoms with Crippen LogP contribution in [0.3, 0.4) is 0 Å². The van der Waals surface area contributed by atoms with Crippen molar-refractivity contribution in [2.24, 2.45) is 0 Å². The van der Waals surface area contributed by atoms with E-state index in [2.05, 4.69) is 0 Å². The van der Waals surface area contributed by atoms with E-state index in [0.29, 0.717) is 12.2 Å². The van der Waals surface area contributed by atoms with Crippen LogP contribution < -0.4 is 0 Å². The molecule has 7 heteroatoms. The minimum Gasteiger partial charge on any atom is -0.258 e. The second-order valence-electron chi connectivity index (χ2n) is 1.47. The molecule has 0 saturated heterocycles. The van der Waals surface area contributed by atoms with Crippen molar-refractivity contribution >= 4 is 0 Å². The zero-order valence-corrected chi connectivity index (χ0v) is 5.21. The molecule has 0 aliphatic heterocycles. The van der Waals surface area contributed by atoms with E-state index in [1.165, 1.54) is 6.07 Å². The third-order valence-electron chi connectivity index (χ3n) is 0.775. The monoisotopic (exact) mass is 157 g/mol. The van der Waals surface area contributed by atoms with Crippen LogP contribution in [0.5, 0.6) is 0 Å². The van der Waals surface area contributed by atoms with Gasteiger partial charge in [-0.2, -0.15) is 5.26 Å². The van der Waals surface area contributed by atoms with Gasteiger partial charge in [0.25, 0.3) is 0 Å². The van der Waals surface area contributed by atoms with Crippen molar-refractivity contribution in [1.29, 1.82) is 5.26 Å². The van der Waals surface area contributed by atoms with E-state index in [-0.39, 0.29) is 0 Å². The summed E-state index contributed by atoms with van der Waals surface area (Å²) in [6.45, 7) is 0. The molecule has 0 aromatic heterocycles. The minimum absolute atomic E-state index is 0.611. The topological polar surface area (TPSA) is 110 Å². The predicted molar refractivity (Wildman–Crippen MR) is 32.5 cm³/mol. The highest BCUT2D eigenvalue weighted by atomic mass is 16.7. The second kappa shape index (κ2) is 3.94. The van der Waals surface area contributed by atoms with Crippen LogP contribution in [0.1, 0.15) is 0 Å². The number of hydrogen-bond acceptors (Lipinski definition) is 5. The van der Waals surface area contributed by atoms with E-state index in [1.807, 2.05) is 0 Å². The van der Waals surface area contributed by atoms with Gasteiger partial charge >= 0.3 is 6.17 Å². The molecule has 0 aromatic rings. The van der Waals surface area contributed by atoms with Gasteiger partial charge in [0.15, 0.2) is 0 Å². The van der Waals surface area contributed by atoms with Gasteiger partial charge in [0.05, 0.1) is 12.1 Å². The van der Waals surface area contributed by atoms with Crippen molar-refractivity contribution in [3.63, 3.8) is 0 Å². The van der Waals surface area contributed by atoms with Crippen molar-refractivity contribution in [2.45, 2.75) is 6.17 Å². The highest BCUT2D eigenvalue weighted by Gasteiger charge is 2.27. The van der Waals surface area contributed by atoms with Crippen LogP contribution in [0.25, 0.3) is 0 Å². The average Bonchev–Trinajstić information content (AvgIpc) is 1.87. The van der Waals surface area contributed by atoms with Gasteiger partial charge in [-0.15, -0.1) is 0 Å². The predicted octanol–water partition coefficient (Wildman–Crippen LogP) is -0.0543. The zero-order chi connectivity index (χ0) is 8.85. The Kier molecular flexibility index (Phi) is 3.24. The summed E-state index contributed by atoms with van der Waals surface area (Å²) in [5.74, 6) is 0. The first-order valence-electron chi connectivity index (χ1n) is 2.43. The summed E-state index contributed by atoms with van der Waals surface area (Å²) < 4.78 is 0. The number of nitriles is 1. The van der Waals surface area contributed by atoms with Crippen LogP contribution in [0, 0.1) is 31.6 Å². The van der Waals surface area contributed by atoms with E-state index >= 15 is 0 Å². The van der Waals surface area contributed by atoms with E-state index in [4.69, 9.17) is 5.26 Å². The summed E-state index contributed by atoms with van der Waals surface area (Å²) in [7, 11) is 0. The Labute approximate surface area is 60.8 Å². The lowest BCUT2D eigenvalue weighted by Crippen LogP contribution is -2.25. The molecule has 0 amide bonds. The van der Waals surface area contributed by atoms with Gasteiger partial charge in [-0.1, -0.05) is 0 Å². The number of nitro groups is 2. The molecule has 0 N–H and O–H groups in total. The quantitative estimate of drug-likeness (QED) is 0.246. The van der Waals surface area contributed by atoms with E-state index in [9.17, 15) is 20.2 Å². The number of nitrogens with zero attached hydrogens (tertiary/aromatic N) is 3. The summed E-state index contributed by atoms with van der Waals surface area (Å²) in [5.41, 5.74) is 0. The highest BCUT2D eigenvalue weighted by Crippen LogP contribution is 1.92. The fraction of sp³-hybridized carbons (Fsp3) is 0.250. The molecule has 0 heterocycles. The van der Waals surface area contributed by atoms with Gasteiger partial charge in [0.1, 0.15) is 9.85 Å². The Morgan fingerprint density at radius 2 is 1.82 bits per heavy atom. The number of hydrogen-bond donors (Lipinski definition) is 0. The molecule has 0 aliphatic rings. The molecule has 0 spiro atoms. The smallest absolute Gasteiger partial charge is 0.258 e. The summed E-state index contributed by atoms with van der Waals surface area (Å²) in [6.07, 6.45) is -0.703. The van der Waals surface area contributed by atoms with Gasteiger partial charge in [0, 0.05) is 6.08 Å². The second-order valence-corrected chi connectivity index (χ2v) is 1.47. The summed E-state index contributed by atoms with van der Waals surface area (Å²) in [5, 5.41) is 27.6. The van der Waals surface area contributed by atoms with Crippen molar-refractivity contribution < 1.29 is 9.85 Å². The van der Waals surface area contributed by atoms with Crippen molar-refractivity contribution in [2.75, 3.05) is 0 Å². The Bertz CT molecular complexity index is 226. The highest BCUT2D eigenvalue weighted by molar-refractivity contribution is 5.02. The first-order valence-corrected chi connectivity index (χ1v) is 2.43. The molecule has 0 atom stereocenters. The maximum atomic E-state index is 9.85. The SMILES string of the molecule is N#CC=CC([N+](=O)[O-])[N+](=O)[O-]. The lowest BCUT2D eigenvalue weighted by Gasteiger charge is -1.92. The van der Waals surface area contributed by atoms with Crippen molar-refractivity contribution in [3.8, 4) is 6.07 Å². The molecule has 0 bridgehead atoms. The normalized spacial score (nSPS) is 9.82. The van der Waals surface area contributed by atoms with Crippen LogP contribution in [-0.2, 0) is 0 Å². The molecule has 7 nitrogen and oxygen atoms in total. The first-order chi connectivity index (χ1) is 5.09. The fourth-order valence-electron chi connectivity index (χ4n) is 0.347. The molecule has 0 fully saturated rings. The Morgan fingerprint density at radius 3 is 2.09 bits per heavy atom. The Morgan fingerprint density at radius 1 is 1.36 bits per heavy atom. The minimum atomic E-state index is -2.02. The van der Waals surface area contributed by atoms with Gasteiger partial charge in [-0.3, -0.25) is 20.2 Å². The fourth-order valence-corrected chi connectivity index (χ4v) is 0.347. The lowest BCUT2D eigenvalue weighted by molar-refractivity contribution is -0.727. The summed E-state index contributed by atoms with van der Waals surface area (Å²) >= 11 is 0. The number of allylic oxidation sites excluding steroid dienone is 1. The number of rotatable bonds is 3. The molecule has 0 unspecified atom stereocenters. The van der Waals surface area contributed by atoms with Gasteiger partial charge < -0.3 is 0 Å². The first kappa shape index (κ1) is 9.03. The van der Waals surface area contributed by atoms with E-state index in [1.54, 1.807) is 0 Å². The van der Waals surface area contributed by atoms with Gasteiger partial charge in [0.2, 0.25) is 0 Å². The summed E-state index contributed by atoms with van der Waals surface area (Å²) in [6, 6.07) is 1.42. The maximum Gasteiger partial charge on any atom is 0.470 e. The molecule has 0 radical (unpaired) electrons. The Hall–Kier alpha value is -1.97. The molecule has 0 rings (SSSR count). The third-order valence-corrected chi connectivity index (χ3v) is 0.775. The Balaban J connectivity index is 4.39. The van der Waals surface area contributed by atoms with Crippen molar-refractivity contribution in [1.82, 2.24) is 0 Å². The van der Waals surface area contributed by atoms with Crippen LogP contribution in [0.15, 0.2) is 12.2 Å². The standard InChI is InChI=1S/C4H3N3O4/c5-3-1-2-4(6(8)9)7(10)11/h1-2,4H. The van der Waals surface area contributed by atoms with Crippen LogP contribution in [-0.4, -0.2) is 16.0 Å². The average molecular weight is 157 g/mol. The van der Waals surface area contributed by atoms with Crippen LogP contribution in [0.4, 0.5) is 0 Å². The van der Waals surface area contributed by atoms with Crippen LogP contribution in [0.2, 0.25) is 0 Å².